The van der Waals surface area contributed by atoms with Crippen LogP contribution in [0.5, 0.6) is 0 Å². The van der Waals surface area contributed by atoms with E-state index >= 15 is 0 Å². The van der Waals surface area contributed by atoms with Gasteiger partial charge in [-0.25, -0.2) is 0 Å². The summed E-state index contributed by atoms with van der Waals surface area (Å²) in [6, 6.07) is 0.615. The summed E-state index contributed by atoms with van der Waals surface area (Å²) in [6.45, 7) is 6.44. The van der Waals surface area contributed by atoms with Gasteiger partial charge in [0.25, 0.3) is 0 Å². The van der Waals surface area contributed by atoms with Gasteiger partial charge in [0.1, 0.15) is 5.01 Å². The van der Waals surface area contributed by atoms with E-state index < -0.39 is 0 Å². The summed E-state index contributed by atoms with van der Waals surface area (Å²) >= 11 is 1.48. The molecule has 2 heterocycles. The van der Waals surface area contributed by atoms with E-state index in [1.807, 2.05) is 0 Å². The molecule has 1 aliphatic heterocycles. The molecule has 0 spiro atoms. The maximum absolute atomic E-state index is 5.55. The van der Waals surface area contributed by atoms with Crippen LogP contribution in [0.25, 0.3) is 0 Å². The van der Waals surface area contributed by atoms with E-state index in [2.05, 4.69) is 34.0 Å². The molecule has 0 radical (unpaired) electrons. The van der Waals surface area contributed by atoms with Crippen LogP contribution < -0.4 is 5.73 Å². The number of anilines is 1. The van der Waals surface area contributed by atoms with Gasteiger partial charge in [-0.15, -0.1) is 10.2 Å². The lowest BCUT2D eigenvalue weighted by Gasteiger charge is -2.37. The molecule has 1 fully saturated rings. The smallest absolute Gasteiger partial charge is 0.203 e. The van der Waals surface area contributed by atoms with Crippen molar-refractivity contribution < 1.29 is 0 Å². The summed E-state index contributed by atoms with van der Waals surface area (Å²) in [5.41, 5.74) is 5.55. The van der Waals surface area contributed by atoms with Crippen LogP contribution in [-0.4, -0.2) is 52.7 Å². The van der Waals surface area contributed by atoms with Crippen LogP contribution >= 0.6 is 11.3 Å². The van der Waals surface area contributed by atoms with E-state index in [-0.39, 0.29) is 0 Å². The largest absolute Gasteiger partial charge is 0.374 e. The summed E-state index contributed by atoms with van der Waals surface area (Å²) in [4.78, 5) is 4.79. The van der Waals surface area contributed by atoms with Crippen LogP contribution in [0.3, 0.4) is 0 Å². The molecular formula is C9H17N5S. The molecule has 0 bridgehead atoms. The van der Waals surface area contributed by atoms with Gasteiger partial charge in [-0.3, -0.25) is 4.90 Å². The molecule has 5 nitrogen and oxygen atoms in total. The van der Waals surface area contributed by atoms with Crippen molar-refractivity contribution >= 4 is 16.5 Å². The number of nitrogens with two attached hydrogens (primary N) is 1. The van der Waals surface area contributed by atoms with Gasteiger partial charge >= 0.3 is 0 Å². The summed E-state index contributed by atoms with van der Waals surface area (Å²) in [5, 5.41) is 9.45. The Labute approximate surface area is 93.9 Å². The van der Waals surface area contributed by atoms with Gasteiger partial charge < -0.3 is 10.6 Å². The van der Waals surface area contributed by atoms with Gasteiger partial charge in [-0.1, -0.05) is 11.3 Å². The molecule has 0 aromatic carbocycles. The summed E-state index contributed by atoms with van der Waals surface area (Å²) in [6.07, 6.45) is 0. The van der Waals surface area contributed by atoms with E-state index in [9.17, 15) is 0 Å². The van der Waals surface area contributed by atoms with Gasteiger partial charge in [0, 0.05) is 25.7 Å². The van der Waals surface area contributed by atoms with Crippen LogP contribution in [0.4, 0.5) is 5.13 Å². The van der Waals surface area contributed by atoms with Crippen molar-refractivity contribution in [3.8, 4) is 0 Å². The fourth-order valence-corrected chi connectivity index (χ4v) is 2.44. The molecule has 0 saturated carbocycles. The standard InChI is InChI=1S/C9H17N5S/c1-7-5-14(4-3-13(7)2)6-8-11-12-9(10)15-8/h7H,3-6H2,1-2H3,(H2,10,12). The topological polar surface area (TPSA) is 58.3 Å². The minimum atomic E-state index is 0.562. The fourth-order valence-electron chi connectivity index (χ4n) is 1.79. The zero-order valence-electron chi connectivity index (χ0n) is 9.18. The van der Waals surface area contributed by atoms with Gasteiger partial charge in [-0.2, -0.15) is 0 Å². The molecule has 1 saturated heterocycles. The van der Waals surface area contributed by atoms with Gasteiger partial charge in [0.05, 0.1) is 6.54 Å². The van der Waals surface area contributed by atoms with Gasteiger partial charge in [0.2, 0.25) is 5.13 Å². The highest BCUT2D eigenvalue weighted by molar-refractivity contribution is 7.15. The molecule has 1 aliphatic rings. The Hall–Kier alpha value is -0.720. The Morgan fingerprint density at radius 1 is 1.47 bits per heavy atom. The van der Waals surface area contributed by atoms with Crippen LogP contribution in [0, 0.1) is 0 Å². The van der Waals surface area contributed by atoms with Crippen LogP contribution in [0.15, 0.2) is 0 Å². The van der Waals surface area contributed by atoms with Crippen molar-refractivity contribution in [2.24, 2.45) is 0 Å². The van der Waals surface area contributed by atoms with Crippen LogP contribution in [-0.2, 0) is 6.54 Å². The van der Waals surface area contributed by atoms with E-state index in [0.29, 0.717) is 11.2 Å². The third-order valence-electron chi connectivity index (χ3n) is 2.89. The minimum Gasteiger partial charge on any atom is -0.374 e. The SMILES string of the molecule is CC1CN(Cc2nnc(N)s2)CCN1C. The Morgan fingerprint density at radius 3 is 2.87 bits per heavy atom. The molecular weight excluding hydrogens is 210 g/mol. The van der Waals surface area contributed by atoms with E-state index in [1.165, 1.54) is 11.3 Å². The third kappa shape index (κ3) is 2.64. The molecule has 0 amide bonds. The third-order valence-corrected chi connectivity index (χ3v) is 3.62. The molecule has 6 heteroatoms. The van der Waals surface area contributed by atoms with Crippen molar-refractivity contribution in [3.05, 3.63) is 5.01 Å². The van der Waals surface area contributed by atoms with E-state index in [0.717, 1.165) is 31.2 Å². The molecule has 1 aromatic heterocycles. The quantitative estimate of drug-likeness (QED) is 0.785. The lowest BCUT2D eigenvalue weighted by Crippen LogP contribution is -2.49. The molecule has 1 unspecified atom stereocenters. The van der Waals surface area contributed by atoms with Crippen molar-refractivity contribution in [1.29, 1.82) is 0 Å². The Kier molecular flexibility index (Phi) is 3.18. The maximum Gasteiger partial charge on any atom is 0.203 e. The number of aromatic nitrogens is 2. The van der Waals surface area contributed by atoms with Crippen molar-refractivity contribution in [2.45, 2.75) is 19.5 Å². The van der Waals surface area contributed by atoms with Crippen molar-refractivity contribution in [3.63, 3.8) is 0 Å². The highest BCUT2D eigenvalue weighted by atomic mass is 32.1. The number of piperazine rings is 1. The van der Waals surface area contributed by atoms with Crippen molar-refractivity contribution in [2.75, 3.05) is 32.4 Å². The number of likely N-dealkylation sites (N-methyl/N-ethyl adjacent to an activating group) is 1. The highest BCUT2D eigenvalue weighted by Gasteiger charge is 2.21. The van der Waals surface area contributed by atoms with Crippen molar-refractivity contribution in [1.82, 2.24) is 20.0 Å². The maximum atomic E-state index is 5.55. The first-order valence-electron chi connectivity index (χ1n) is 5.15. The second-order valence-corrected chi connectivity index (χ2v) is 5.19. The second kappa shape index (κ2) is 4.42. The monoisotopic (exact) mass is 227 g/mol. The lowest BCUT2D eigenvalue weighted by molar-refractivity contribution is 0.0998. The number of rotatable bonds is 2. The molecule has 2 rings (SSSR count). The summed E-state index contributed by atoms with van der Waals surface area (Å²) in [7, 11) is 2.17. The average Bonchev–Trinajstić information content (AvgIpc) is 2.58. The first-order chi connectivity index (χ1) is 7.15. The molecule has 84 valence electrons. The van der Waals surface area contributed by atoms with Gasteiger partial charge in [-0.05, 0) is 14.0 Å². The average molecular weight is 227 g/mol. The Bertz CT molecular complexity index is 326. The summed E-state index contributed by atoms with van der Waals surface area (Å²) < 4.78 is 0. The molecule has 1 atom stereocenters. The second-order valence-electron chi connectivity index (χ2n) is 4.10. The number of nitrogen functional groups attached to an aromatic ring is 1. The molecule has 1 aromatic rings. The molecule has 2 N–H and O–H groups in total. The predicted molar refractivity (Wildman–Crippen MR) is 61.7 cm³/mol. The fraction of sp³-hybridized carbons (Fsp3) is 0.778. The van der Waals surface area contributed by atoms with Crippen LogP contribution in [0.1, 0.15) is 11.9 Å². The zero-order chi connectivity index (χ0) is 10.8. The van der Waals surface area contributed by atoms with E-state index in [4.69, 9.17) is 5.73 Å². The van der Waals surface area contributed by atoms with Gasteiger partial charge in [0.15, 0.2) is 0 Å². The molecule has 15 heavy (non-hydrogen) atoms. The first kappa shape index (κ1) is 10.8. The number of hydrogen-bond donors (Lipinski definition) is 1. The Morgan fingerprint density at radius 2 is 2.27 bits per heavy atom. The first-order valence-corrected chi connectivity index (χ1v) is 5.97. The normalized spacial score (nSPS) is 24.5. The molecule has 0 aliphatic carbocycles. The predicted octanol–water partition coefficient (Wildman–Crippen LogP) is 0.256. The number of nitrogens with zero attached hydrogens (tertiary/aromatic N) is 4. The van der Waals surface area contributed by atoms with E-state index in [1.54, 1.807) is 0 Å². The zero-order valence-corrected chi connectivity index (χ0v) is 10.00. The number of hydrogen-bond acceptors (Lipinski definition) is 6. The summed E-state index contributed by atoms with van der Waals surface area (Å²) in [5.74, 6) is 0. The minimum absolute atomic E-state index is 0.562. The lowest BCUT2D eigenvalue weighted by atomic mass is 10.2. The Balaban J connectivity index is 1.90. The van der Waals surface area contributed by atoms with Crippen LogP contribution in [0.2, 0.25) is 0 Å². The highest BCUT2D eigenvalue weighted by Crippen LogP contribution is 2.15.